The minimum Gasteiger partial charge on any atom is -0.331 e. The molecule has 5 nitrogen and oxygen atoms in total. The molecule has 0 radical (unpaired) electrons. The number of fused-ring (bicyclic) bond motifs is 6. The molecule has 0 N–H and O–H groups in total. The van der Waals surface area contributed by atoms with Gasteiger partial charge in [0.15, 0.2) is 17.5 Å². The molecular weight excluding hydrogens is 767 g/mol. The molecule has 298 valence electrons. The molecule has 0 saturated heterocycles. The van der Waals surface area contributed by atoms with Gasteiger partial charge < -0.3 is 9.13 Å². The topological polar surface area (TPSA) is 48.5 Å². The van der Waals surface area contributed by atoms with Gasteiger partial charge >= 0.3 is 0 Å². The number of aromatic nitrogens is 5. The highest BCUT2D eigenvalue weighted by Gasteiger charge is 2.32. The lowest BCUT2D eigenvalue weighted by Gasteiger charge is -2.33. The third-order valence-electron chi connectivity index (χ3n) is 12.7. The van der Waals surface area contributed by atoms with Gasteiger partial charge in [0.2, 0.25) is 0 Å². The normalized spacial score (nSPS) is 15.1. The van der Waals surface area contributed by atoms with Crippen molar-refractivity contribution in [2.24, 2.45) is 0 Å². The molecule has 3 heterocycles. The van der Waals surface area contributed by atoms with E-state index in [4.69, 9.17) is 15.0 Å². The first kappa shape index (κ1) is 36.7. The molecule has 8 aromatic carbocycles. The third kappa shape index (κ3) is 6.12. The first-order valence-electron chi connectivity index (χ1n) is 21.6. The molecule has 5 heteroatoms. The molecule has 63 heavy (non-hydrogen) atoms. The Hall–Kier alpha value is -8.15. The van der Waals surface area contributed by atoms with Crippen LogP contribution >= 0.6 is 0 Å². The Labute approximate surface area is 365 Å². The highest BCUT2D eigenvalue weighted by atomic mass is 15.1. The lowest BCUT2D eigenvalue weighted by atomic mass is 9.87. The van der Waals surface area contributed by atoms with E-state index in [9.17, 15) is 0 Å². The van der Waals surface area contributed by atoms with E-state index in [0.717, 1.165) is 33.5 Å². The maximum Gasteiger partial charge on any atom is 0.164 e. The van der Waals surface area contributed by atoms with E-state index in [2.05, 4.69) is 216 Å². The Balaban J connectivity index is 0.983. The van der Waals surface area contributed by atoms with Gasteiger partial charge in [-0.25, -0.2) is 15.0 Å². The van der Waals surface area contributed by atoms with Gasteiger partial charge in [0.05, 0.1) is 22.3 Å². The Morgan fingerprint density at radius 2 is 0.810 bits per heavy atom. The summed E-state index contributed by atoms with van der Waals surface area (Å²) in [5, 5.41) is 4.97. The summed E-state index contributed by atoms with van der Waals surface area (Å²) in [6.45, 7) is 2.31. The Morgan fingerprint density at radius 1 is 0.397 bits per heavy atom. The predicted molar refractivity (Wildman–Crippen MR) is 261 cm³/mol. The maximum absolute atomic E-state index is 5.27. The van der Waals surface area contributed by atoms with Gasteiger partial charge in [-0.3, -0.25) is 0 Å². The lowest BCUT2D eigenvalue weighted by Crippen LogP contribution is -2.29. The summed E-state index contributed by atoms with van der Waals surface area (Å²) >= 11 is 0. The maximum atomic E-state index is 5.27. The molecule has 3 aromatic heterocycles. The third-order valence-corrected chi connectivity index (χ3v) is 12.7. The monoisotopic (exact) mass is 807 g/mol. The Bertz CT molecular complexity index is 3490. The van der Waals surface area contributed by atoms with Crippen molar-refractivity contribution in [3.8, 4) is 50.7 Å². The molecule has 1 aliphatic carbocycles. The summed E-state index contributed by atoms with van der Waals surface area (Å²) in [6.07, 6.45) is 7.37. The molecule has 0 fully saturated rings. The number of para-hydroxylation sites is 5. The van der Waals surface area contributed by atoms with E-state index in [1.807, 2.05) is 18.2 Å². The van der Waals surface area contributed by atoms with E-state index in [-0.39, 0.29) is 5.54 Å². The number of hydrogen-bond donors (Lipinski definition) is 0. The number of benzene rings is 8. The fourth-order valence-corrected chi connectivity index (χ4v) is 9.85. The Morgan fingerprint density at radius 3 is 1.37 bits per heavy atom. The summed E-state index contributed by atoms with van der Waals surface area (Å²) in [4.78, 5) is 15.6. The van der Waals surface area contributed by atoms with Crippen molar-refractivity contribution in [2.75, 3.05) is 0 Å². The van der Waals surface area contributed by atoms with Crippen LogP contribution in [0.4, 0.5) is 0 Å². The zero-order valence-electron chi connectivity index (χ0n) is 34.7. The zero-order valence-corrected chi connectivity index (χ0v) is 34.7. The molecule has 1 unspecified atom stereocenters. The van der Waals surface area contributed by atoms with E-state index in [1.54, 1.807) is 0 Å². The number of nitrogens with zero attached hydrogens (tertiary/aromatic N) is 5. The van der Waals surface area contributed by atoms with Gasteiger partial charge in [-0.1, -0.05) is 194 Å². The average Bonchev–Trinajstić information content (AvgIpc) is 3.88. The van der Waals surface area contributed by atoms with Gasteiger partial charge in [0.1, 0.15) is 0 Å². The molecule has 0 aliphatic heterocycles. The standard InChI is InChI=1S/C58H41N5/c1-58(63-52-31-14-10-25-48(52)49-26-11-15-32-53(49)63)37-17-22-43(38-58)57-60-55(41-20-6-3-7-21-41)59-56(61-57)42-35-33-40(34-36-42)45-28-16-27-44(39-18-4-2-5-19-39)54(45)62-50-29-12-8-23-46(50)47-24-9-13-30-51(47)62/h2-37H,38H2,1H3. The van der Waals surface area contributed by atoms with Crippen LogP contribution in [0.25, 0.3) is 99.9 Å². The van der Waals surface area contributed by atoms with Crippen LogP contribution in [-0.4, -0.2) is 24.1 Å². The molecule has 1 aliphatic rings. The molecule has 12 rings (SSSR count). The number of hydrogen-bond acceptors (Lipinski definition) is 3. The quantitative estimate of drug-likeness (QED) is 0.161. The van der Waals surface area contributed by atoms with Crippen LogP contribution < -0.4 is 0 Å². The van der Waals surface area contributed by atoms with Gasteiger partial charge in [0, 0.05) is 61.3 Å². The molecule has 1 atom stereocenters. The van der Waals surface area contributed by atoms with Crippen LogP contribution in [0.2, 0.25) is 0 Å². The summed E-state index contributed by atoms with van der Waals surface area (Å²) in [6, 6.07) is 71.2. The highest BCUT2D eigenvalue weighted by molar-refractivity contribution is 6.11. The van der Waals surface area contributed by atoms with Crippen molar-refractivity contribution in [3.05, 3.63) is 224 Å². The van der Waals surface area contributed by atoms with Crippen LogP contribution in [-0.2, 0) is 5.54 Å². The van der Waals surface area contributed by atoms with Crippen LogP contribution in [0.15, 0.2) is 218 Å². The summed E-state index contributed by atoms with van der Waals surface area (Å²) in [5.74, 6) is 1.97. The van der Waals surface area contributed by atoms with Crippen molar-refractivity contribution in [1.82, 2.24) is 24.1 Å². The van der Waals surface area contributed by atoms with Crippen molar-refractivity contribution in [3.63, 3.8) is 0 Å². The number of allylic oxidation sites excluding steroid dienone is 4. The van der Waals surface area contributed by atoms with E-state index in [1.165, 1.54) is 54.7 Å². The first-order chi connectivity index (χ1) is 31.1. The second-order valence-electron chi connectivity index (χ2n) is 16.6. The van der Waals surface area contributed by atoms with Gasteiger partial charge in [0.25, 0.3) is 0 Å². The first-order valence-corrected chi connectivity index (χ1v) is 21.6. The van der Waals surface area contributed by atoms with Gasteiger partial charge in [-0.15, -0.1) is 0 Å². The van der Waals surface area contributed by atoms with Crippen molar-refractivity contribution in [2.45, 2.75) is 18.9 Å². The molecule has 11 aromatic rings. The van der Waals surface area contributed by atoms with Crippen molar-refractivity contribution in [1.29, 1.82) is 0 Å². The lowest BCUT2D eigenvalue weighted by molar-refractivity contribution is 0.443. The highest BCUT2D eigenvalue weighted by Crippen LogP contribution is 2.43. The summed E-state index contributed by atoms with van der Waals surface area (Å²) in [5.41, 5.74) is 13.1. The average molecular weight is 808 g/mol. The fourth-order valence-electron chi connectivity index (χ4n) is 9.85. The second kappa shape index (κ2) is 14.8. The summed E-state index contributed by atoms with van der Waals surface area (Å²) in [7, 11) is 0. The fraction of sp³-hybridized carbons (Fsp3) is 0.0517. The zero-order chi connectivity index (χ0) is 41.9. The molecule has 0 amide bonds. The number of rotatable bonds is 7. The van der Waals surface area contributed by atoms with Crippen LogP contribution in [0.5, 0.6) is 0 Å². The molecule has 0 saturated carbocycles. The van der Waals surface area contributed by atoms with Crippen molar-refractivity contribution >= 4 is 49.2 Å². The smallest absolute Gasteiger partial charge is 0.164 e. The van der Waals surface area contributed by atoms with E-state index >= 15 is 0 Å². The van der Waals surface area contributed by atoms with Crippen LogP contribution in [0.3, 0.4) is 0 Å². The largest absolute Gasteiger partial charge is 0.331 e. The minimum atomic E-state index is -0.365. The molecule has 0 spiro atoms. The van der Waals surface area contributed by atoms with Gasteiger partial charge in [-0.05, 0) is 47.9 Å². The minimum absolute atomic E-state index is 0.365. The van der Waals surface area contributed by atoms with E-state index in [0.29, 0.717) is 23.9 Å². The van der Waals surface area contributed by atoms with Crippen molar-refractivity contribution < 1.29 is 0 Å². The Kier molecular flexibility index (Phi) is 8.61. The second-order valence-corrected chi connectivity index (χ2v) is 16.6. The molecular formula is C58H41N5. The summed E-state index contributed by atoms with van der Waals surface area (Å²) < 4.78 is 4.93. The molecule has 0 bridgehead atoms. The SMILES string of the molecule is CC1(n2c3ccccc3c3ccccc32)C=CC=C(c2nc(-c3ccccc3)nc(-c3ccc(-c4cccc(-c5ccccc5)c4-n4c5ccccc5c5ccccc54)cc3)n2)C1. The predicted octanol–water partition coefficient (Wildman–Crippen LogP) is 14.5. The van der Waals surface area contributed by atoms with Crippen LogP contribution in [0.1, 0.15) is 19.2 Å². The van der Waals surface area contributed by atoms with E-state index < -0.39 is 0 Å². The van der Waals surface area contributed by atoms with Crippen LogP contribution in [0, 0.1) is 0 Å². The van der Waals surface area contributed by atoms with Gasteiger partial charge in [-0.2, -0.15) is 0 Å².